The zero-order valence-corrected chi connectivity index (χ0v) is 10.0. The van der Waals surface area contributed by atoms with E-state index in [2.05, 4.69) is 0 Å². The molecule has 4 nitrogen and oxygen atoms in total. The molecule has 0 bridgehead atoms. The van der Waals surface area contributed by atoms with Crippen LogP contribution in [0.3, 0.4) is 0 Å². The molecule has 0 saturated heterocycles. The zero-order valence-electron chi connectivity index (χ0n) is 10.0. The number of ether oxygens (including phenoxy) is 3. The first kappa shape index (κ1) is 12.8. The van der Waals surface area contributed by atoms with Crippen LogP contribution in [0.2, 0.25) is 0 Å². The third-order valence-corrected chi connectivity index (χ3v) is 2.10. The summed E-state index contributed by atoms with van der Waals surface area (Å²) in [6.07, 6.45) is 0. The van der Waals surface area contributed by atoms with Crippen molar-refractivity contribution in [3.05, 3.63) is 23.8 Å². The molecule has 90 valence electrons. The van der Waals surface area contributed by atoms with Gasteiger partial charge in [0, 0.05) is 6.04 Å². The molecule has 1 rings (SSSR count). The van der Waals surface area contributed by atoms with E-state index in [-0.39, 0.29) is 6.04 Å². The van der Waals surface area contributed by atoms with Crippen LogP contribution in [0.4, 0.5) is 0 Å². The van der Waals surface area contributed by atoms with Gasteiger partial charge in [-0.1, -0.05) is 6.07 Å². The van der Waals surface area contributed by atoms with Crippen LogP contribution < -0.4 is 15.2 Å². The van der Waals surface area contributed by atoms with Gasteiger partial charge in [-0.3, -0.25) is 0 Å². The fraction of sp³-hybridized carbons (Fsp3) is 0.500. The standard InChI is InChI=1S/C12H19NO3/c1-9(13)7-16-8-10-4-5-11(14-2)12(6-10)15-3/h4-6,9H,7-8,13H2,1-3H3. The van der Waals surface area contributed by atoms with Crippen molar-refractivity contribution >= 4 is 0 Å². The molecule has 0 spiro atoms. The highest BCUT2D eigenvalue weighted by molar-refractivity contribution is 5.42. The lowest BCUT2D eigenvalue weighted by molar-refractivity contribution is 0.111. The summed E-state index contributed by atoms with van der Waals surface area (Å²) < 4.78 is 15.8. The maximum atomic E-state index is 5.59. The van der Waals surface area contributed by atoms with Crippen LogP contribution >= 0.6 is 0 Å². The summed E-state index contributed by atoms with van der Waals surface area (Å²) in [5.74, 6) is 1.43. The minimum atomic E-state index is 0.0557. The highest BCUT2D eigenvalue weighted by Gasteiger charge is 2.04. The van der Waals surface area contributed by atoms with Gasteiger partial charge in [-0.25, -0.2) is 0 Å². The maximum absolute atomic E-state index is 5.59. The molecule has 1 aromatic carbocycles. The molecule has 1 atom stereocenters. The van der Waals surface area contributed by atoms with Gasteiger partial charge in [0.05, 0.1) is 27.4 Å². The third kappa shape index (κ3) is 3.72. The van der Waals surface area contributed by atoms with Crippen molar-refractivity contribution in [3.8, 4) is 11.5 Å². The Kier molecular flexibility index (Phi) is 5.08. The van der Waals surface area contributed by atoms with Crippen LogP contribution in [0.5, 0.6) is 11.5 Å². The van der Waals surface area contributed by atoms with Crippen molar-refractivity contribution < 1.29 is 14.2 Å². The highest BCUT2D eigenvalue weighted by Crippen LogP contribution is 2.27. The minimum Gasteiger partial charge on any atom is -0.493 e. The average molecular weight is 225 g/mol. The summed E-state index contributed by atoms with van der Waals surface area (Å²) in [6.45, 7) is 2.99. The summed E-state index contributed by atoms with van der Waals surface area (Å²) in [7, 11) is 3.23. The molecule has 2 N–H and O–H groups in total. The van der Waals surface area contributed by atoms with Gasteiger partial charge in [-0.15, -0.1) is 0 Å². The molecule has 1 aromatic rings. The molecule has 0 fully saturated rings. The van der Waals surface area contributed by atoms with Gasteiger partial charge in [0.15, 0.2) is 11.5 Å². The molecule has 0 heterocycles. The second-order valence-electron chi connectivity index (χ2n) is 3.68. The molecule has 0 aliphatic heterocycles. The first-order chi connectivity index (χ1) is 7.67. The van der Waals surface area contributed by atoms with Gasteiger partial charge < -0.3 is 19.9 Å². The molecular formula is C12H19NO3. The molecule has 0 aliphatic carbocycles. The summed E-state index contributed by atoms with van der Waals surface area (Å²) in [4.78, 5) is 0. The lowest BCUT2D eigenvalue weighted by Gasteiger charge is -2.10. The van der Waals surface area contributed by atoms with Crippen LogP contribution in [-0.2, 0) is 11.3 Å². The zero-order chi connectivity index (χ0) is 12.0. The Labute approximate surface area is 96.3 Å². The van der Waals surface area contributed by atoms with Crippen LogP contribution in [-0.4, -0.2) is 26.9 Å². The molecule has 1 unspecified atom stereocenters. The van der Waals surface area contributed by atoms with Gasteiger partial charge in [-0.05, 0) is 24.6 Å². The summed E-state index contributed by atoms with van der Waals surface area (Å²) >= 11 is 0. The average Bonchev–Trinajstić information content (AvgIpc) is 2.28. The van der Waals surface area contributed by atoms with Gasteiger partial charge in [0.1, 0.15) is 0 Å². The predicted octanol–water partition coefficient (Wildman–Crippen LogP) is 1.57. The van der Waals surface area contributed by atoms with Crippen molar-refractivity contribution in [2.75, 3.05) is 20.8 Å². The largest absolute Gasteiger partial charge is 0.493 e. The van der Waals surface area contributed by atoms with E-state index in [4.69, 9.17) is 19.9 Å². The Bertz CT molecular complexity index is 326. The fourth-order valence-corrected chi connectivity index (χ4v) is 1.33. The van der Waals surface area contributed by atoms with Crippen LogP contribution in [0, 0.1) is 0 Å². The minimum absolute atomic E-state index is 0.0557. The summed E-state index contributed by atoms with van der Waals surface area (Å²) in [5, 5.41) is 0. The Morgan fingerprint density at radius 2 is 1.88 bits per heavy atom. The molecule has 0 aromatic heterocycles. The Balaban J connectivity index is 2.60. The summed E-state index contributed by atoms with van der Waals surface area (Å²) in [5.41, 5.74) is 6.63. The van der Waals surface area contributed by atoms with E-state index in [1.807, 2.05) is 25.1 Å². The lowest BCUT2D eigenvalue weighted by Crippen LogP contribution is -2.21. The molecular weight excluding hydrogens is 206 g/mol. The van der Waals surface area contributed by atoms with E-state index in [1.165, 1.54) is 0 Å². The van der Waals surface area contributed by atoms with Crippen molar-refractivity contribution in [2.24, 2.45) is 5.73 Å². The van der Waals surface area contributed by atoms with Crippen LogP contribution in [0.15, 0.2) is 18.2 Å². The second-order valence-corrected chi connectivity index (χ2v) is 3.68. The first-order valence-electron chi connectivity index (χ1n) is 5.21. The fourth-order valence-electron chi connectivity index (χ4n) is 1.33. The van der Waals surface area contributed by atoms with Crippen molar-refractivity contribution in [1.82, 2.24) is 0 Å². The lowest BCUT2D eigenvalue weighted by atomic mass is 10.2. The van der Waals surface area contributed by atoms with Gasteiger partial charge >= 0.3 is 0 Å². The normalized spacial score (nSPS) is 12.2. The third-order valence-electron chi connectivity index (χ3n) is 2.10. The first-order valence-corrected chi connectivity index (χ1v) is 5.21. The molecule has 0 radical (unpaired) electrons. The molecule has 16 heavy (non-hydrogen) atoms. The van der Waals surface area contributed by atoms with E-state index in [9.17, 15) is 0 Å². The summed E-state index contributed by atoms with van der Waals surface area (Å²) in [6, 6.07) is 5.77. The maximum Gasteiger partial charge on any atom is 0.161 e. The molecule has 0 saturated carbocycles. The van der Waals surface area contributed by atoms with E-state index < -0.39 is 0 Å². The van der Waals surface area contributed by atoms with Crippen molar-refractivity contribution in [2.45, 2.75) is 19.6 Å². The Hall–Kier alpha value is -1.26. The second kappa shape index (κ2) is 6.35. The van der Waals surface area contributed by atoms with Crippen molar-refractivity contribution in [1.29, 1.82) is 0 Å². The predicted molar refractivity (Wildman–Crippen MR) is 62.9 cm³/mol. The van der Waals surface area contributed by atoms with Crippen LogP contribution in [0.25, 0.3) is 0 Å². The number of rotatable bonds is 6. The number of hydrogen-bond donors (Lipinski definition) is 1. The van der Waals surface area contributed by atoms with E-state index in [0.717, 1.165) is 11.3 Å². The van der Waals surface area contributed by atoms with E-state index in [0.29, 0.717) is 19.0 Å². The molecule has 0 aliphatic rings. The number of methoxy groups -OCH3 is 2. The van der Waals surface area contributed by atoms with Gasteiger partial charge in [0.2, 0.25) is 0 Å². The number of benzene rings is 1. The SMILES string of the molecule is COc1ccc(COCC(C)N)cc1OC. The number of nitrogens with two attached hydrogens (primary N) is 1. The Morgan fingerprint density at radius 1 is 1.19 bits per heavy atom. The highest BCUT2D eigenvalue weighted by atomic mass is 16.5. The molecule has 0 amide bonds. The smallest absolute Gasteiger partial charge is 0.161 e. The monoisotopic (exact) mass is 225 g/mol. The Morgan fingerprint density at radius 3 is 2.44 bits per heavy atom. The van der Waals surface area contributed by atoms with Gasteiger partial charge in [0.25, 0.3) is 0 Å². The number of hydrogen-bond acceptors (Lipinski definition) is 4. The van der Waals surface area contributed by atoms with Crippen molar-refractivity contribution in [3.63, 3.8) is 0 Å². The van der Waals surface area contributed by atoms with E-state index in [1.54, 1.807) is 14.2 Å². The molecule has 4 heteroatoms. The van der Waals surface area contributed by atoms with E-state index >= 15 is 0 Å². The van der Waals surface area contributed by atoms with Crippen LogP contribution in [0.1, 0.15) is 12.5 Å². The quantitative estimate of drug-likeness (QED) is 0.798. The topological polar surface area (TPSA) is 53.7 Å². The van der Waals surface area contributed by atoms with Gasteiger partial charge in [-0.2, -0.15) is 0 Å².